The number of anilines is 2. The maximum Gasteiger partial charge on any atom is 0.416 e. The van der Waals surface area contributed by atoms with E-state index in [1.54, 1.807) is 0 Å². The molecular weight excluding hydrogens is 287 g/mol. The number of nitrogens with two attached hydrogens (primary N) is 1. The van der Waals surface area contributed by atoms with Crippen LogP contribution in [0.2, 0.25) is 0 Å². The van der Waals surface area contributed by atoms with Crippen molar-refractivity contribution in [3.05, 3.63) is 36.4 Å². The summed E-state index contributed by atoms with van der Waals surface area (Å²) in [7, 11) is 0. The van der Waals surface area contributed by atoms with Crippen molar-refractivity contribution in [1.29, 1.82) is 0 Å². The van der Waals surface area contributed by atoms with E-state index in [1.807, 2.05) is 0 Å². The number of nitrogen functional groups attached to an aromatic ring is 1. The highest BCUT2D eigenvalue weighted by Gasteiger charge is 2.30. The highest BCUT2D eigenvalue weighted by Crippen LogP contribution is 2.32. The normalized spacial score (nSPS) is 11.4. The van der Waals surface area contributed by atoms with Gasteiger partial charge in [-0.15, -0.1) is 0 Å². The maximum absolute atomic E-state index is 12.5. The fraction of sp³-hybridized carbons (Fsp3) is 0.250. The zero-order valence-corrected chi connectivity index (χ0v) is 10.8. The van der Waals surface area contributed by atoms with Crippen LogP contribution < -0.4 is 11.1 Å². The fourth-order valence-electron chi connectivity index (χ4n) is 1.63. The molecule has 0 atom stereocenters. The lowest BCUT2D eigenvalue weighted by molar-refractivity contribution is -0.137. The van der Waals surface area contributed by atoms with Crippen LogP contribution in [0.3, 0.4) is 0 Å². The van der Waals surface area contributed by atoms with Crippen LogP contribution in [0.4, 0.5) is 24.5 Å². The number of carbonyl (C=O) groups is 1. The van der Waals surface area contributed by atoms with E-state index in [2.05, 4.69) is 15.4 Å². The number of nitrogens with zero attached hydrogens (tertiary/aromatic N) is 3. The van der Waals surface area contributed by atoms with Crippen LogP contribution >= 0.6 is 0 Å². The van der Waals surface area contributed by atoms with Crippen molar-refractivity contribution in [3.8, 4) is 0 Å². The minimum atomic E-state index is -4.47. The second-order valence-electron chi connectivity index (χ2n) is 4.26. The molecule has 0 saturated carbocycles. The average molecular weight is 299 g/mol. The highest BCUT2D eigenvalue weighted by molar-refractivity contribution is 5.93. The molecule has 0 unspecified atom stereocenters. The van der Waals surface area contributed by atoms with Gasteiger partial charge in [0, 0.05) is 6.42 Å². The van der Waals surface area contributed by atoms with Crippen molar-refractivity contribution in [1.82, 2.24) is 14.8 Å². The summed E-state index contributed by atoms with van der Waals surface area (Å²) in [4.78, 5) is 15.4. The zero-order valence-electron chi connectivity index (χ0n) is 10.8. The molecule has 0 spiro atoms. The van der Waals surface area contributed by atoms with Gasteiger partial charge in [-0.3, -0.25) is 9.48 Å². The first-order valence-corrected chi connectivity index (χ1v) is 5.95. The molecule has 112 valence electrons. The molecule has 2 aromatic rings. The monoisotopic (exact) mass is 299 g/mol. The summed E-state index contributed by atoms with van der Waals surface area (Å²) in [5.41, 5.74) is 4.66. The molecule has 1 aromatic heterocycles. The molecule has 1 aromatic carbocycles. The molecule has 3 N–H and O–H groups in total. The van der Waals surface area contributed by atoms with E-state index in [4.69, 9.17) is 5.73 Å². The standard InChI is InChI=1S/C12H12F3N5O/c13-12(14,15)8-1-2-10(9(16)5-8)19-11(21)3-4-20-7-17-6-18-20/h1-2,5-7H,3-4,16H2,(H,19,21). The van der Waals surface area contributed by atoms with Crippen molar-refractivity contribution in [2.24, 2.45) is 0 Å². The third kappa shape index (κ3) is 3.94. The Kier molecular flexibility index (Phi) is 4.10. The molecule has 0 saturated heterocycles. The number of carbonyl (C=O) groups excluding carboxylic acids is 1. The van der Waals surface area contributed by atoms with Crippen LogP contribution in [-0.4, -0.2) is 20.7 Å². The molecule has 0 aliphatic carbocycles. The van der Waals surface area contributed by atoms with Gasteiger partial charge in [0.1, 0.15) is 12.7 Å². The van der Waals surface area contributed by atoms with E-state index in [9.17, 15) is 18.0 Å². The van der Waals surface area contributed by atoms with Crippen LogP contribution in [-0.2, 0) is 17.5 Å². The van der Waals surface area contributed by atoms with Gasteiger partial charge in [-0.25, -0.2) is 4.98 Å². The number of rotatable bonds is 4. The van der Waals surface area contributed by atoms with Crippen molar-refractivity contribution in [2.45, 2.75) is 19.1 Å². The molecule has 2 rings (SSSR count). The second-order valence-corrected chi connectivity index (χ2v) is 4.26. The minimum Gasteiger partial charge on any atom is -0.397 e. The van der Waals surface area contributed by atoms with E-state index < -0.39 is 11.7 Å². The largest absolute Gasteiger partial charge is 0.416 e. The molecular formula is C12H12F3N5O. The highest BCUT2D eigenvalue weighted by atomic mass is 19.4. The predicted octanol–water partition coefficient (Wildman–Crippen LogP) is 1.91. The molecule has 0 aliphatic heterocycles. The van der Waals surface area contributed by atoms with Gasteiger partial charge in [-0.1, -0.05) is 0 Å². The first-order chi connectivity index (χ1) is 9.86. The smallest absolute Gasteiger partial charge is 0.397 e. The summed E-state index contributed by atoms with van der Waals surface area (Å²) >= 11 is 0. The van der Waals surface area contributed by atoms with Gasteiger partial charge in [0.2, 0.25) is 5.91 Å². The zero-order chi connectivity index (χ0) is 15.5. The Morgan fingerprint density at radius 2 is 2.14 bits per heavy atom. The summed E-state index contributed by atoms with van der Waals surface area (Å²) in [6.45, 7) is 0.312. The Morgan fingerprint density at radius 3 is 2.71 bits per heavy atom. The SMILES string of the molecule is Nc1cc(C(F)(F)F)ccc1NC(=O)CCn1cncn1. The quantitative estimate of drug-likeness (QED) is 0.844. The number of benzene rings is 1. The molecule has 0 bridgehead atoms. The molecule has 1 heterocycles. The molecule has 0 fully saturated rings. The van der Waals surface area contributed by atoms with Gasteiger partial charge >= 0.3 is 6.18 Å². The Morgan fingerprint density at radius 1 is 1.38 bits per heavy atom. The number of aromatic nitrogens is 3. The van der Waals surface area contributed by atoms with Crippen LogP contribution in [0, 0.1) is 0 Å². The van der Waals surface area contributed by atoms with Crippen molar-refractivity contribution in [2.75, 3.05) is 11.1 Å². The number of amides is 1. The molecule has 6 nitrogen and oxygen atoms in total. The van der Waals surface area contributed by atoms with Crippen LogP contribution in [0.5, 0.6) is 0 Å². The number of halogens is 3. The molecule has 1 amide bonds. The van der Waals surface area contributed by atoms with E-state index in [0.29, 0.717) is 6.54 Å². The topological polar surface area (TPSA) is 85.8 Å². The Labute approximate surface area is 117 Å². The summed E-state index contributed by atoms with van der Waals surface area (Å²) in [6.07, 6.45) is -1.57. The molecule has 21 heavy (non-hydrogen) atoms. The van der Waals surface area contributed by atoms with E-state index in [0.717, 1.165) is 18.2 Å². The molecule has 0 aliphatic rings. The van der Waals surface area contributed by atoms with Crippen LogP contribution in [0.15, 0.2) is 30.9 Å². The fourth-order valence-corrected chi connectivity index (χ4v) is 1.63. The molecule has 9 heteroatoms. The summed E-state index contributed by atoms with van der Waals surface area (Å²) in [5, 5.41) is 6.29. The van der Waals surface area contributed by atoms with Gasteiger partial charge in [-0.05, 0) is 18.2 Å². The lowest BCUT2D eigenvalue weighted by Gasteiger charge is -2.11. The van der Waals surface area contributed by atoms with Gasteiger partial charge < -0.3 is 11.1 Å². The first kappa shape index (κ1) is 14.8. The van der Waals surface area contributed by atoms with Crippen molar-refractivity contribution in [3.63, 3.8) is 0 Å². The number of hydrogen-bond acceptors (Lipinski definition) is 4. The average Bonchev–Trinajstić information content (AvgIpc) is 2.91. The number of nitrogens with one attached hydrogen (secondary N) is 1. The summed E-state index contributed by atoms with van der Waals surface area (Å²) in [5.74, 6) is -0.378. The third-order valence-corrected chi connectivity index (χ3v) is 2.69. The first-order valence-electron chi connectivity index (χ1n) is 5.95. The van der Waals surface area contributed by atoms with Gasteiger partial charge in [0.15, 0.2) is 0 Å². The predicted molar refractivity (Wildman–Crippen MR) is 69.1 cm³/mol. The van der Waals surface area contributed by atoms with E-state index in [1.165, 1.54) is 17.3 Å². The summed E-state index contributed by atoms with van der Waals surface area (Å²) in [6, 6.07) is 2.78. The maximum atomic E-state index is 12.5. The lowest BCUT2D eigenvalue weighted by atomic mass is 10.1. The molecule has 0 radical (unpaired) electrons. The Balaban J connectivity index is 1.97. The second kappa shape index (κ2) is 5.81. The number of alkyl halides is 3. The van der Waals surface area contributed by atoms with E-state index >= 15 is 0 Å². The Bertz CT molecular complexity index is 624. The number of aryl methyl sites for hydroxylation is 1. The van der Waals surface area contributed by atoms with Crippen molar-refractivity contribution >= 4 is 17.3 Å². The van der Waals surface area contributed by atoms with Gasteiger partial charge in [-0.2, -0.15) is 18.3 Å². The Hall–Kier alpha value is -2.58. The van der Waals surface area contributed by atoms with Crippen LogP contribution in [0.25, 0.3) is 0 Å². The lowest BCUT2D eigenvalue weighted by Crippen LogP contribution is -2.16. The minimum absolute atomic E-state index is 0.101. The van der Waals surface area contributed by atoms with Gasteiger partial charge in [0.05, 0.1) is 23.5 Å². The summed E-state index contributed by atoms with van der Waals surface area (Å²) < 4.78 is 38.9. The van der Waals surface area contributed by atoms with Gasteiger partial charge in [0.25, 0.3) is 0 Å². The number of hydrogen-bond donors (Lipinski definition) is 2. The van der Waals surface area contributed by atoms with E-state index in [-0.39, 0.29) is 23.7 Å². The third-order valence-electron chi connectivity index (χ3n) is 2.69. The van der Waals surface area contributed by atoms with Crippen LogP contribution in [0.1, 0.15) is 12.0 Å². The van der Waals surface area contributed by atoms with Crippen molar-refractivity contribution < 1.29 is 18.0 Å².